The molecule has 0 aromatic heterocycles. The summed E-state index contributed by atoms with van der Waals surface area (Å²) in [5.74, 6) is -2.98. The van der Waals surface area contributed by atoms with E-state index in [1.54, 1.807) is 24.3 Å². The Morgan fingerprint density at radius 1 is 1.41 bits per heavy atom. The lowest BCUT2D eigenvalue weighted by Crippen LogP contribution is -2.29. The number of carbonyl (C=O) groups is 1. The second kappa shape index (κ2) is 4.28. The van der Waals surface area contributed by atoms with Gasteiger partial charge in [0.1, 0.15) is 5.71 Å². The van der Waals surface area contributed by atoms with Crippen LogP contribution in [-0.2, 0) is 9.53 Å². The van der Waals surface area contributed by atoms with Gasteiger partial charge in [0.05, 0.1) is 6.61 Å². The Morgan fingerprint density at radius 2 is 2.06 bits per heavy atom. The Morgan fingerprint density at radius 3 is 2.65 bits per heavy atom. The zero-order valence-corrected chi connectivity index (χ0v) is 9.81. The van der Waals surface area contributed by atoms with Gasteiger partial charge in [0.2, 0.25) is 0 Å². The fourth-order valence-electron chi connectivity index (χ4n) is 1.46. The van der Waals surface area contributed by atoms with E-state index in [1.807, 2.05) is 19.9 Å². The van der Waals surface area contributed by atoms with E-state index in [-0.39, 0.29) is 18.2 Å². The normalized spacial score (nSPS) is 22.2. The first kappa shape index (κ1) is 11.8. The van der Waals surface area contributed by atoms with E-state index in [2.05, 4.69) is 4.99 Å². The van der Waals surface area contributed by atoms with Crippen LogP contribution < -0.4 is 0 Å². The molecule has 0 amide bonds. The van der Waals surface area contributed by atoms with Crippen molar-refractivity contribution in [2.75, 3.05) is 6.61 Å². The molecule has 0 spiro atoms. The smallest absolute Gasteiger partial charge is 0.373 e. The number of aliphatic imine (C=N–C) groups is 1. The fourth-order valence-corrected chi connectivity index (χ4v) is 1.46. The van der Waals surface area contributed by atoms with Gasteiger partial charge in [0.25, 0.3) is 0 Å². The van der Waals surface area contributed by atoms with Gasteiger partial charge in [-0.25, -0.2) is 9.79 Å². The van der Waals surface area contributed by atoms with Crippen LogP contribution >= 0.6 is 0 Å². The average molecular weight is 235 g/mol. The summed E-state index contributed by atoms with van der Waals surface area (Å²) < 4.78 is 18.9. The molecule has 0 radical (unpaired) electrons. The lowest BCUT2D eigenvalue weighted by atomic mass is 10.1. The highest BCUT2D eigenvalue weighted by atomic mass is 19.1. The van der Waals surface area contributed by atoms with Crippen LogP contribution in [0.4, 0.5) is 4.39 Å². The van der Waals surface area contributed by atoms with Crippen molar-refractivity contribution in [2.24, 2.45) is 10.9 Å². The van der Waals surface area contributed by atoms with Gasteiger partial charge in [0.15, 0.2) is 0 Å². The SMILES string of the molecule is CC(C)COC(=O)C1(F)N=C1c1ccccc1. The number of hydrogen-bond donors (Lipinski definition) is 0. The van der Waals surface area contributed by atoms with E-state index in [0.29, 0.717) is 5.56 Å². The predicted molar refractivity (Wildman–Crippen MR) is 62.6 cm³/mol. The molecule has 1 unspecified atom stereocenters. The third-order valence-corrected chi connectivity index (χ3v) is 2.40. The second-order valence-corrected chi connectivity index (χ2v) is 4.44. The summed E-state index contributed by atoms with van der Waals surface area (Å²) in [4.78, 5) is 15.1. The van der Waals surface area contributed by atoms with Crippen LogP contribution in [0.3, 0.4) is 0 Å². The van der Waals surface area contributed by atoms with Crippen molar-refractivity contribution < 1.29 is 13.9 Å². The van der Waals surface area contributed by atoms with Gasteiger partial charge < -0.3 is 4.74 Å². The Balaban J connectivity index is 1.99. The van der Waals surface area contributed by atoms with Gasteiger partial charge >= 0.3 is 11.8 Å². The van der Waals surface area contributed by atoms with Crippen LogP contribution in [0.1, 0.15) is 19.4 Å². The minimum atomic E-state index is -2.25. The van der Waals surface area contributed by atoms with Gasteiger partial charge in [-0.1, -0.05) is 44.2 Å². The highest BCUT2D eigenvalue weighted by Gasteiger charge is 2.57. The van der Waals surface area contributed by atoms with E-state index in [9.17, 15) is 9.18 Å². The molecule has 17 heavy (non-hydrogen) atoms. The Hall–Kier alpha value is -1.71. The molecule has 3 nitrogen and oxygen atoms in total. The summed E-state index contributed by atoms with van der Waals surface area (Å²) >= 11 is 0. The first-order valence-electron chi connectivity index (χ1n) is 5.56. The number of ether oxygens (including phenoxy) is 1. The maximum Gasteiger partial charge on any atom is 0.373 e. The third-order valence-electron chi connectivity index (χ3n) is 2.40. The molecule has 0 N–H and O–H groups in total. The van der Waals surface area contributed by atoms with Crippen LogP contribution in [0.25, 0.3) is 0 Å². The molecule has 0 aliphatic carbocycles. The van der Waals surface area contributed by atoms with Crippen molar-refractivity contribution in [3.63, 3.8) is 0 Å². The summed E-state index contributed by atoms with van der Waals surface area (Å²) in [6.45, 7) is 4.00. The summed E-state index contributed by atoms with van der Waals surface area (Å²) in [6, 6.07) is 8.81. The van der Waals surface area contributed by atoms with E-state index in [1.165, 1.54) is 0 Å². The molecule has 0 saturated heterocycles. The summed E-state index contributed by atoms with van der Waals surface area (Å²) in [5.41, 5.74) is 0.781. The van der Waals surface area contributed by atoms with Crippen LogP contribution in [0.5, 0.6) is 0 Å². The zero-order valence-electron chi connectivity index (χ0n) is 9.81. The van der Waals surface area contributed by atoms with Crippen LogP contribution in [0, 0.1) is 5.92 Å². The summed E-state index contributed by atoms with van der Waals surface area (Å²) in [6.07, 6.45) is 0. The number of rotatable bonds is 4. The third kappa shape index (κ3) is 2.35. The standard InChI is InChI=1S/C13H14FNO2/c1-9(2)8-17-12(16)13(14)11(15-13)10-6-4-3-5-7-10/h3-7,9H,8H2,1-2H3. The molecular formula is C13H14FNO2. The monoisotopic (exact) mass is 235 g/mol. The van der Waals surface area contributed by atoms with Gasteiger partial charge in [-0.05, 0) is 5.92 Å². The number of hydrogen-bond acceptors (Lipinski definition) is 3. The molecule has 1 atom stereocenters. The summed E-state index contributed by atoms with van der Waals surface area (Å²) in [7, 11) is 0. The van der Waals surface area contributed by atoms with Gasteiger partial charge in [-0.3, -0.25) is 0 Å². The highest BCUT2D eigenvalue weighted by Crippen LogP contribution is 2.35. The van der Waals surface area contributed by atoms with Crippen LogP contribution in [0.15, 0.2) is 35.3 Å². The molecule has 1 aliphatic heterocycles. The van der Waals surface area contributed by atoms with E-state index in [0.717, 1.165) is 0 Å². The molecule has 0 bridgehead atoms. The maximum atomic E-state index is 14.0. The van der Waals surface area contributed by atoms with Crippen LogP contribution in [-0.4, -0.2) is 24.1 Å². The first-order valence-corrected chi connectivity index (χ1v) is 5.56. The van der Waals surface area contributed by atoms with Crippen molar-refractivity contribution in [3.8, 4) is 0 Å². The molecule has 90 valence electrons. The lowest BCUT2D eigenvalue weighted by Gasteiger charge is -2.09. The van der Waals surface area contributed by atoms with Crippen molar-refractivity contribution >= 4 is 11.7 Å². The van der Waals surface area contributed by atoms with Gasteiger partial charge in [0, 0.05) is 5.56 Å². The number of nitrogens with zero attached hydrogens (tertiary/aromatic N) is 1. The van der Waals surface area contributed by atoms with Crippen LogP contribution in [0.2, 0.25) is 0 Å². The van der Waals surface area contributed by atoms with E-state index < -0.39 is 11.8 Å². The Labute approximate surface area is 99.3 Å². The summed E-state index contributed by atoms with van der Waals surface area (Å²) in [5, 5.41) is 0. The van der Waals surface area contributed by atoms with Gasteiger partial charge in [-0.2, -0.15) is 4.39 Å². The number of alkyl halides is 1. The predicted octanol–water partition coefficient (Wildman–Crippen LogP) is 2.35. The van der Waals surface area contributed by atoms with E-state index in [4.69, 9.17) is 4.74 Å². The molecule has 1 aliphatic rings. The average Bonchev–Trinajstić information content (AvgIpc) is 3.01. The maximum absolute atomic E-state index is 14.0. The highest BCUT2D eigenvalue weighted by molar-refractivity contribution is 6.27. The molecule has 0 fully saturated rings. The lowest BCUT2D eigenvalue weighted by molar-refractivity contribution is -0.151. The largest absolute Gasteiger partial charge is 0.461 e. The first-order chi connectivity index (χ1) is 8.04. The van der Waals surface area contributed by atoms with Crippen molar-refractivity contribution in [1.82, 2.24) is 0 Å². The van der Waals surface area contributed by atoms with Crippen molar-refractivity contribution in [1.29, 1.82) is 0 Å². The molecule has 1 aromatic carbocycles. The van der Waals surface area contributed by atoms with Crippen molar-refractivity contribution in [2.45, 2.75) is 19.6 Å². The minimum absolute atomic E-state index is 0.159. The molecule has 4 heteroatoms. The molecule has 0 saturated carbocycles. The second-order valence-electron chi connectivity index (χ2n) is 4.44. The fraction of sp³-hybridized carbons (Fsp3) is 0.385. The number of carbonyl (C=O) groups excluding carboxylic acids is 1. The van der Waals surface area contributed by atoms with Gasteiger partial charge in [-0.15, -0.1) is 0 Å². The quantitative estimate of drug-likeness (QED) is 0.593. The molecule has 1 aromatic rings. The molecular weight excluding hydrogens is 221 g/mol. The number of esters is 1. The van der Waals surface area contributed by atoms with Crippen molar-refractivity contribution in [3.05, 3.63) is 35.9 Å². The topological polar surface area (TPSA) is 38.7 Å². The number of benzene rings is 1. The molecule has 2 rings (SSSR count). The minimum Gasteiger partial charge on any atom is -0.461 e. The van der Waals surface area contributed by atoms with E-state index >= 15 is 0 Å². The zero-order chi connectivity index (χ0) is 12.5. The number of halogens is 1. The Bertz CT molecular complexity index is 456. The Kier molecular flexibility index (Phi) is 2.96. The molecule has 1 heterocycles.